The van der Waals surface area contributed by atoms with E-state index >= 15 is 0 Å². The molecular weight excluding hydrogens is 430 g/mol. The zero-order valence-electron chi connectivity index (χ0n) is 9.21. The molecule has 8 heteroatoms. The molecule has 0 radical (unpaired) electrons. The van der Waals surface area contributed by atoms with Crippen LogP contribution in [0.25, 0.3) is 10.6 Å². The molecule has 2 aromatic heterocycles. The van der Waals surface area contributed by atoms with Gasteiger partial charge in [0, 0.05) is 5.56 Å². The third-order valence-electron chi connectivity index (χ3n) is 2.13. The summed E-state index contributed by atoms with van der Waals surface area (Å²) in [6.45, 7) is 0. The minimum atomic E-state index is 0.827. The first-order valence-corrected chi connectivity index (χ1v) is 9.14. The molecule has 3 nitrogen and oxygen atoms in total. The van der Waals surface area contributed by atoms with Crippen molar-refractivity contribution in [1.29, 1.82) is 0 Å². The molecule has 0 saturated carbocycles. The summed E-state index contributed by atoms with van der Waals surface area (Å²) in [7, 11) is 0. The van der Waals surface area contributed by atoms with Crippen molar-refractivity contribution in [2.24, 2.45) is 0 Å². The van der Waals surface area contributed by atoms with Crippen molar-refractivity contribution in [1.82, 2.24) is 15.2 Å². The number of benzene rings is 1. The maximum atomic E-state index is 4.38. The first-order valence-electron chi connectivity index (χ1n) is 5.11. The van der Waals surface area contributed by atoms with E-state index in [9.17, 15) is 0 Å². The summed E-state index contributed by atoms with van der Waals surface area (Å²) in [6, 6.07) is 10.1. The maximum absolute atomic E-state index is 4.38. The van der Waals surface area contributed by atoms with Crippen LogP contribution in [0.15, 0.2) is 47.4 Å². The Balaban J connectivity index is 1.82. The lowest BCUT2D eigenvalue weighted by Gasteiger charge is -1.91. The Morgan fingerprint density at radius 3 is 2.42 bits per heavy atom. The van der Waals surface area contributed by atoms with Gasteiger partial charge in [0.1, 0.15) is 13.4 Å². The number of aromatic nitrogens is 3. The summed E-state index contributed by atoms with van der Waals surface area (Å²) >= 11 is 11.5. The molecule has 19 heavy (non-hydrogen) atoms. The summed E-state index contributed by atoms with van der Waals surface area (Å²) in [4.78, 5) is 4.38. The highest BCUT2D eigenvalue weighted by atomic mass is 79.9. The fraction of sp³-hybridized carbons (Fsp3) is 0. The molecule has 0 amide bonds. The van der Waals surface area contributed by atoms with Gasteiger partial charge in [-0.1, -0.05) is 53.0 Å². The summed E-state index contributed by atoms with van der Waals surface area (Å²) < 4.78 is 3.65. The smallest absolute Gasteiger partial charge is 0.181 e. The van der Waals surface area contributed by atoms with E-state index in [-0.39, 0.29) is 0 Å². The summed E-state index contributed by atoms with van der Waals surface area (Å²) in [5, 5.41) is 9.34. The summed E-state index contributed by atoms with van der Waals surface area (Å²) in [6.07, 6.45) is 0. The van der Waals surface area contributed by atoms with Crippen molar-refractivity contribution in [3.8, 4) is 10.6 Å². The SMILES string of the molecule is Brc1nc(Sc2nnc(-c3ccccc3)s2)sc1Br. The Bertz CT molecular complexity index is 677. The third-order valence-corrected chi connectivity index (χ3v) is 7.29. The molecule has 0 bridgehead atoms. The molecule has 0 fully saturated rings. The van der Waals surface area contributed by atoms with Crippen LogP contribution < -0.4 is 0 Å². The minimum Gasteiger partial charge on any atom is -0.221 e. The van der Waals surface area contributed by atoms with Gasteiger partial charge in [0.2, 0.25) is 0 Å². The molecule has 3 aromatic rings. The van der Waals surface area contributed by atoms with E-state index in [1.165, 1.54) is 11.8 Å². The number of halogens is 2. The fourth-order valence-electron chi connectivity index (χ4n) is 1.33. The van der Waals surface area contributed by atoms with Crippen LogP contribution in [0.2, 0.25) is 0 Å². The Morgan fingerprint density at radius 1 is 0.947 bits per heavy atom. The molecule has 0 N–H and O–H groups in total. The third kappa shape index (κ3) is 3.25. The van der Waals surface area contributed by atoms with Gasteiger partial charge in [-0.2, -0.15) is 0 Å². The quantitative estimate of drug-likeness (QED) is 0.557. The van der Waals surface area contributed by atoms with Crippen LogP contribution in [0.4, 0.5) is 0 Å². The second kappa shape index (κ2) is 6.01. The standard InChI is InChI=1S/C11H5Br2N3S3/c12-7-8(13)17-10(14-7)19-11-16-15-9(18-11)6-4-2-1-3-5-6/h1-5H. The van der Waals surface area contributed by atoms with Gasteiger partial charge in [0.25, 0.3) is 0 Å². The van der Waals surface area contributed by atoms with Crippen molar-refractivity contribution in [3.05, 3.63) is 38.7 Å². The van der Waals surface area contributed by atoms with E-state index in [4.69, 9.17) is 0 Å². The predicted molar refractivity (Wildman–Crippen MR) is 87.0 cm³/mol. The van der Waals surface area contributed by atoms with Gasteiger partial charge in [0.15, 0.2) is 8.68 Å². The maximum Gasteiger partial charge on any atom is 0.181 e. The van der Waals surface area contributed by atoms with Crippen molar-refractivity contribution in [3.63, 3.8) is 0 Å². The lowest BCUT2D eigenvalue weighted by Crippen LogP contribution is -1.74. The monoisotopic (exact) mass is 433 g/mol. The van der Waals surface area contributed by atoms with E-state index in [0.717, 1.165) is 27.6 Å². The number of nitrogens with zero attached hydrogens (tertiary/aromatic N) is 3. The average Bonchev–Trinajstić information content (AvgIpc) is 2.99. The molecule has 2 heterocycles. The first kappa shape index (κ1) is 13.7. The Hall–Kier alpha value is -0.280. The highest BCUT2D eigenvalue weighted by Gasteiger charge is 2.12. The second-order valence-electron chi connectivity index (χ2n) is 3.39. The molecule has 0 aliphatic carbocycles. The van der Waals surface area contributed by atoms with Crippen LogP contribution in [0.3, 0.4) is 0 Å². The summed E-state index contributed by atoms with van der Waals surface area (Å²) in [5.41, 5.74) is 1.09. The summed E-state index contributed by atoms with van der Waals surface area (Å²) in [5.74, 6) is 0. The molecule has 0 atom stereocenters. The number of thiazole rings is 1. The van der Waals surface area contributed by atoms with Crippen LogP contribution in [0.5, 0.6) is 0 Å². The molecular formula is C11H5Br2N3S3. The normalized spacial score (nSPS) is 10.8. The highest BCUT2D eigenvalue weighted by Crippen LogP contribution is 2.39. The Morgan fingerprint density at radius 2 is 1.74 bits per heavy atom. The highest BCUT2D eigenvalue weighted by molar-refractivity contribution is 9.13. The van der Waals surface area contributed by atoms with Crippen LogP contribution >= 0.6 is 66.3 Å². The van der Waals surface area contributed by atoms with E-state index in [1.54, 1.807) is 22.7 Å². The van der Waals surface area contributed by atoms with E-state index in [1.807, 2.05) is 30.3 Å². The number of hydrogen-bond donors (Lipinski definition) is 0. The molecule has 0 aliphatic heterocycles. The Labute approximate surface area is 138 Å². The van der Waals surface area contributed by atoms with Crippen molar-refractivity contribution >= 4 is 66.3 Å². The van der Waals surface area contributed by atoms with Gasteiger partial charge >= 0.3 is 0 Å². The molecule has 3 rings (SSSR count). The van der Waals surface area contributed by atoms with Gasteiger partial charge in [-0.25, -0.2) is 4.98 Å². The number of hydrogen-bond acceptors (Lipinski definition) is 6. The van der Waals surface area contributed by atoms with E-state index < -0.39 is 0 Å². The lowest BCUT2D eigenvalue weighted by atomic mass is 10.2. The Kier molecular flexibility index (Phi) is 4.33. The van der Waals surface area contributed by atoms with E-state index in [2.05, 4.69) is 47.0 Å². The fourth-order valence-corrected chi connectivity index (χ4v) is 5.68. The van der Waals surface area contributed by atoms with Crippen LogP contribution in [0.1, 0.15) is 0 Å². The van der Waals surface area contributed by atoms with Crippen molar-refractivity contribution < 1.29 is 0 Å². The topological polar surface area (TPSA) is 38.7 Å². The van der Waals surface area contributed by atoms with Crippen LogP contribution in [-0.2, 0) is 0 Å². The minimum absolute atomic E-state index is 0.827. The molecule has 0 spiro atoms. The molecule has 0 aliphatic rings. The zero-order valence-corrected chi connectivity index (χ0v) is 14.8. The lowest BCUT2D eigenvalue weighted by molar-refractivity contribution is 1.01. The first-order chi connectivity index (χ1) is 9.22. The second-order valence-corrected chi connectivity index (χ2v) is 8.93. The number of rotatable bonds is 3. The van der Waals surface area contributed by atoms with Crippen LogP contribution in [-0.4, -0.2) is 15.2 Å². The molecule has 96 valence electrons. The van der Waals surface area contributed by atoms with Crippen LogP contribution in [0, 0.1) is 0 Å². The van der Waals surface area contributed by atoms with Gasteiger partial charge in [-0.3, -0.25) is 0 Å². The van der Waals surface area contributed by atoms with Crippen molar-refractivity contribution in [2.45, 2.75) is 8.68 Å². The average molecular weight is 435 g/mol. The zero-order chi connectivity index (χ0) is 13.2. The molecule has 1 aromatic carbocycles. The predicted octanol–water partition coefficient (Wildman–Crippen LogP) is 5.34. The largest absolute Gasteiger partial charge is 0.221 e. The molecule has 0 unspecified atom stereocenters. The van der Waals surface area contributed by atoms with Gasteiger partial charge in [-0.15, -0.1) is 10.2 Å². The van der Waals surface area contributed by atoms with Gasteiger partial charge < -0.3 is 0 Å². The van der Waals surface area contributed by atoms with Gasteiger partial charge in [-0.05, 0) is 43.6 Å². The molecule has 0 saturated heterocycles. The van der Waals surface area contributed by atoms with Crippen molar-refractivity contribution in [2.75, 3.05) is 0 Å². The van der Waals surface area contributed by atoms with E-state index in [0.29, 0.717) is 0 Å². The van der Waals surface area contributed by atoms with Gasteiger partial charge in [0.05, 0.1) is 0 Å².